The number of hydrogen-bond donors (Lipinski definition) is 1. The molecule has 2 aromatic rings. The Balaban J connectivity index is 1.76. The van der Waals surface area contributed by atoms with Gasteiger partial charge in [-0.15, -0.1) is 10.2 Å². The summed E-state index contributed by atoms with van der Waals surface area (Å²) in [6.07, 6.45) is 2.53. The van der Waals surface area contributed by atoms with Gasteiger partial charge in [0.2, 0.25) is 5.65 Å². The quantitative estimate of drug-likeness (QED) is 0.895. The monoisotopic (exact) mass is 304 g/mol. The van der Waals surface area contributed by atoms with Gasteiger partial charge in [-0.05, 0) is 26.3 Å². The van der Waals surface area contributed by atoms with Crippen LogP contribution in [0.5, 0.6) is 0 Å². The lowest BCUT2D eigenvalue weighted by molar-refractivity contribution is -0.00568. The zero-order valence-corrected chi connectivity index (χ0v) is 13.5. The minimum atomic E-state index is 0.0520. The van der Waals surface area contributed by atoms with Crippen LogP contribution < -0.4 is 5.32 Å². The van der Waals surface area contributed by atoms with Gasteiger partial charge in [0.25, 0.3) is 0 Å². The predicted octanol–water partition coefficient (Wildman–Crippen LogP) is 1.21. The number of aromatic nitrogens is 4. The second-order valence-corrected chi connectivity index (χ2v) is 6.27. The minimum Gasteiger partial charge on any atom is -0.380 e. The molecule has 120 valence electrons. The third-order valence-corrected chi connectivity index (χ3v) is 4.26. The van der Waals surface area contributed by atoms with Gasteiger partial charge in [-0.1, -0.05) is 6.92 Å². The maximum atomic E-state index is 5.44. The molecule has 1 aliphatic rings. The molecule has 0 spiro atoms. The van der Waals surface area contributed by atoms with Crippen molar-refractivity contribution in [3.63, 3.8) is 0 Å². The number of nitrogens with zero attached hydrogens (tertiary/aromatic N) is 5. The molecular weight excluding hydrogens is 280 g/mol. The molecule has 0 aliphatic carbocycles. The highest BCUT2D eigenvalue weighted by molar-refractivity contribution is 5.66. The van der Waals surface area contributed by atoms with Gasteiger partial charge in [-0.25, -0.2) is 0 Å². The second-order valence-electron chi connectivity index (χ2n) is 6.27. The summed E-state index contributed by atoms with van der Waals surface area (Å²) in [6.45, 7) is 11.0. The molecule has 1 fully saturated rings. The van der Waals surface area contributed by atoms with Gasteiger partial charge < -0.3 is 10.1 Å². The van der Waals surface area contributed by atoms with Gasteiger partial charge in [0.05, 0.1) is 24.6 Å². The van der Waals surface area contributed by atoms with Crippen molar-refractivity contribution in [2.75, 3.05) is 38.2 Å². The standard InChI is InChI=1S/C15H24N6O/c1-4-12-9-13(14-18-17-11-21(14)19-12)16-10-15(2,3)20-5-7-22-8-6-20/h9,11,16H,4-8,10H2,1-3H3. The fourth-order valence-electron chi connectivity index (χ4n) is 2.77. The molecule has 1 aliphatic heterocycles. The summed E-state index contributed by atoms with van der Waals surface area (Å²) in [5.41, 5.74) is 2.84. The van der Waals surface area contributed by atoms with Crippen LogP contribution in [0.25, 0.3) is 5.65 Å². The number of anilines is 1. The first kappa shape index (κ1) is 15.2. The number of hydrogen-bond acceptors (Lipinski definition) is 6. The van der Waals surface area contributed by atoms with Crippen molar-refractivity contribution >= 4 is 11.3 Å². The van der Waals surface area contributed by atoms with Crippen molar-refractivity contribution in [2.24, 2.45) is 0 Å². The van der Waals surface area contributed by atoms with Gasteiger partial charge in [-0.2, -0.15) is 9.61 Å². The van der Waals surface area contributed by atoms with Crippen LogP contribution in [0.3, 0.4) is 0 Å². The first-order valence-corrected chi connectivity index (χ1v) is 7.87. The van der Waals surface area contributed by atoms with Crippen LogP contribution >= 0.6 is 0 Å². The summed E-state index contributed by atoms with van der Waals surface area (Å²) in [5.74, 6) is 0. The van der Waals surface area contributed by atoms with Crippen LogP contribution in [0.4, 0.5) is 5.69 Å². The lowest BCUT2D eigenvalue weighted by Gasteiger charge is -2.41. The van der Waals surface area contributed by atoms with Gasteiger partial charge in [0.1, 0.15) is 6.33 Å². The zero-order valence-electron chi connectivity index (χ0n) is 13.5. The van der Waals surface area contributed by atoms with Crippen LogP contribution in [0.2, 0.25) is 0 Å². The summed E-state index contributed by atoms with van der Waals surface area (Å²) in [5, 5.41) is 16.1. The van der Waals surface area contributed by atoms with E-state index < -0.39 is 0 Å². The number of morpholine rings is 1. The molecule has 0 saturated carbocycles. The molecule has 3 rings (SSSR count). The van der Waals surface area contributed by atoms with Gasteiger partial charge >= 0.3 is 0 Å². The third kappa shape index (κ3) is 3.05. The highest BCUT2D eigenvalue weighted by Crippen LogP contribution is 2.20. The van der Waals surface area contributed by atoms with Gasteiger partial charge in [0, 0.05) is 25.2 Å². The molecule has 1 saturated heterocycles. The highest BCUT2D eigenvalue weighted by Gasteiger charge is 2.28. The molecule has 1 N–H and O–H groups in total. The second kappa shape index (κ2) is 6.18. The van der Waals surface area contributed by atoms with E-state index in [1.165, 1.54) is 0 Å². The van der Waals surface area contributed by atoms with E-state index in [0.29, 0.717) is 0 Å². The minimum absolute atomic E-state index is 0.0520. The van der Waals surface area contributed by atoms with Crippen LogP contribution in [0.1, 0.15) is 26.5 Å². The van der Waals surface area contributed by atoms with Crippen LogP contribution in [-0.2, 0) is 11.2 Å². The third-order valence-electron chi connectivity index (χ3n) is 4.26. The van der Waals surface area contributed by atoms with E-state index in [1.54, 1.807) is 10.8 Å². The molecule has 0 radical (unpaired) electrons. The Hall–Kier alpha value is -1.73. The average molecular weight is 304 g/mol. The molecule has 7 heteroatoms. The number of aryl methyl sites for hydroxylation is 1. The molecule has 0 amide bonds. The fraction of sp³-hybridized carbons (Fsp3) is 0.667. The van der Waals surface area contributed by atoms with E-state index in [1.807, 2.05) is 0 Å². The molecule has 7 nitrogen and oxygen atoms in total. The summed E-state index contributed by atoms with van der Waals surface area (Å²) >= 11 is 0. The first-order valence-electron chi connectivity index (χ1n) is 7.87. The van der Waals surface area contributed by atoms with Crippen LogP contribution in [0, 0.1) is 0 Å². The molecular formula is C15H24N6O. The molecule has 0 atom stereocenters. The number of fused-ring (bicyclic) bond motifs is 1. The topological polar surface area (TPSA) is 67.6 Å². The number of rotatable bonds is 5. The van der Waals surface area contributed by atoms with E-state index in [-0.39, 0.29) is 5.54 Å². The summed E-state index contributed by atoms with van der Waals surface area (Å²) in [4.78, 5) is 2.46. The molecule has 0 unspecified atom stereocenters. The Labute approximate surface area is 130 Å². The molecule has 22 heavy (non-hydrogen) atoms. The zero-order chi connectivity index (χ0) is 15.6. The van der Waals surface area contributed by atoms with E-state index in [0.717, 1.165) is 56.3 Å². The predicted molar refractivity (Wildman–Crippen MR) is 85.1 cm³/mol. The van der Waals surface area contributed by atoms with Crippen molar-refractivity contribution in [3.8, 4) is 0 Å². The molecule has 3 heterocycles. The summed E-state index contributed by atoms with van der Waals surface area (Å²) in [6, 6.07) is 2.07. The fourth-order valence-corrected chi connectivity index (χ4v) is 2.77. The Morgan fingerprint density at radius 1 is 1.32 bits per heavy atom. The maximum absolute atomic E-state index is 5.44. The Morgan fingerprint density at radius 2 is 2.09 bits per heavy atom. The summed E-state index contributed by atoms with van der Waals surface area (Å²) in [7, 11) is 0. The van der Waals surface area contributed by atoms with E-state index in [4.69, 9.17) is 4.74 Å². The van der Waals surface area contributed by atoms with Crippen molar-refractivity contribution < 1.29 is 4.74 Å². The van der Waals surface area contributed by atoms with E-state index in [2.05, 4.69) is 52.4 Å². The first-order chi connectivity index (χ1) is 10.6. The van der Waals surface area contributed by atoms with Crippen molar-refractivity contribution in [1.82, 2.24) is 24.7 Å². The normalized spacial score (nSPS) is 17.0. The molecule has 2 aromatic heterocycles. The van der Waals surface area contributed by atoms with Crippen LogP contribution in [0.15, 0.2) is 12.4 Å². The highest BCUT2D eigenvalue weighted by atomic mass is 16.5. The van der Waals surface area contributed by atoms with Gasteiger partial charge in [-0.3, -0.25) is 4.90 Å². The van der Waals surface area contributed by atoms with Crippen molar-refractivity contribution in [1.29, 1.82) is 0 Å². The number of ether oxygens (including phenoxy) is 1. The lowest BCUT2D eigenvalue weighted by atomic mass is 10.0. The maximum Gasteiger partial charge on any atom is 0.200 e. The molecule has 0 aromatic carbocycles. The van der Waals surface area contributed by atoms with Crippen molar-refractivity contribution in [3.05, 3.63) is 18.1 Å². The van der Waals surface area contributed by atoms with Crippen molar-refractivity contribution in [2.45, 2.75) is 32.7 Å². The number of nitrogens with one attached hydrogen (secondary N) is 1. The van der Waals surface area contributed by atoms with Crippen LogP contribution in [-0.4, -0.2) is 63.1 Å². The lowest BCUT2D eigenvalue weighted by Crippen LogP contribution is -2.53. The Morgan fingerprint density at radius 3 is 2.82 bits per heavy atom. The SMILES string of the molecule is CCc1cc(NCC(C)(C)N2CCOCC2)c2nncn2n1. The van der Waals surface area contributed by atoms with Gasteiger partial charge in [0.15, 0.2) is 0 Å². The van der Waals surface area contributed by atoms with E-state index >= 15 is 0 Å². The summed E-state index contributed by atoms with van der Waals surface area (Å²) < 4.78 is 7.18. The Kier molecular flexibility index (Phi) is 4.26. The molecule has 0 bridgehead atoms. The largest absolute Gasteiger partial charge is 0.380 e. The average Bonchev–Trinajstić information content (AvgIpc) is 3.02. The van der Waals surface area contributed by atoms with E-state index in [9.17, 15) is 0 Å². The smallest absolute Gasteiger partial charge is 0.200 e. The Bertz CT molecular complexity index is 632.